The van der Waals surface area contributed by atoms with Crippen molar-refractivity contribution < 1.29 is 24.2 Å². The number of rotatable bonds is 17. The van der Waals surface area contributed by atoms with Crippen LogP contribution in [-0.2, 0) is 19.1 Å². The molecule has 0 saturated carbocycles. The van der Waals surface area contributed by atoms with Gasteiger partial charge in [-0.15, -0.1) is 0 Å². The Labute approximate surface area is 200 Å². The van der Waals surface area contributed by atoms with Crippen molar-refractivity contribution in [3.63, 3.8) is 0 Å². The van der Waals surface area contributed by atoms with E-state index < -0.39 is 5.60 Å². The number of esters is 2. The number of hydrogen-bond acceptors (Lipinski definition) is 5. The minimum absolute atomic E-state index is 0.310. The molecule has 0 radical (unpaired) electrons. The van der Waals surface area contributed by atoms with Gasteiger partial charge >= 0.3 is 11.9 Å². The molecule has 1 unspecified atom stereocenters. The summed E-state index contributed by atoms with van der Waals surface area (Å²) in [6.45, 7) is 2.27. The number of allylic oxidation sites excluding steroid dienone is 3. The summed E-state index contributed by atoms with van der Waals surface area (Å²) in [6.07, 6.45) is 26.3. The standard InChI is InChI=1S/C28H44O5/c1-2-3-4-5-6-7-8-9-10-11-12-13-14-15-16-17-18-24-21-28(23-29,33-27(24)31)22-25-19-20-32-26(25)30/h9-10,18,22,29H,2-8,11-17,19-21,23H2,1H3/b10-9-,24-18-,25-22+. The van der Waals surface area contributed by atoms with Gasteiger partial charge in [-0.1, -0.05) is 76.5 Å². The van der Waals surface area contributed by atoms with E-state index in [1.807, 2.05) is 6.08 Å². The molecular formula is C28H44O5. The molecule has 2 aliphatic rings. The molecule has 1 atom stereocenters. The second kappa shape index (κ2) is 15.9. The van der Waals surface area contributed by atoms with Gasteiger partial charge in [-0.2, -0.15) is 0 Å². The van der Waals surface area contributed by atoms with E-state index in [0.29, 0.717) is 30.6 Å². The number of carbonyl (C=O) groups excluding carboxylic acids is 2. The number of ether oxygens (including phenoxy) is 2. The number of carbonyl (C=O) groups is 2. The molecule has 0 aromatic rings. The number of aliphatic hydroxyl groups excluding tert-OH is 1. The molecule has 2 saturated heterocycles. The lowest BCUT2D eigenvalue weighted by Crippen LogP contribution is -2.31. The summed E-state index contributed by atoms with van der Waals surface area (Å²) in [5.74, 6) is -0.774. The zero-order valence-corrected chi connectivity index (χ0v) is 20.6. The van der Waals surface area contributed by atoms with Gasteiger partial charge in [-0.05, 0) is 44.6 Å². The van der Waals surface area contributed by atoms with E-state index >= 15 is 0 Å². The molecule has 1 N–H and O–H groups in total. The largest absolute Gasteiger partial charge is 0.462 e. The minimum atomic E-state index is -1.12. The van der Waals surface area contributed by atoms with Gasteiger partial charge in [-0.3, -0.25) is 0 Å². The molecular weight excluding hydrogens is 416 g/mol. The Hall–Kier alpha value is -1.88. The molecule has 2 rings (SSSR count). The Bertz CT molecular complexity index is 690. The van der Waals surface area contributed by atoms with Crippen molar-refractivity contribution in [2.75, 3.05) is 13.2 Å². The van der Waals surface area contributed by atoms with E-state index in [9.17, 15) is 14.7 Å². The average Bonchev–Trinajstić information content (AvgIpc) is 3.36. The highest BCUT2D eigenvalue weighted by atomic mass is 16.6. The van der Waals surface area contributed by atoms with E-state index in [1.54, 1.807) is 6.08 Å². The monoisotopic (exact) mass is 460 g/mol. The smallest absolute Gasteiger partial charge is 0.334 e. The van der Waals surface area contributed by atoms with E-state index in [-0.39, 0.29) is 18.5 Å². The molecule has 5 nitrogen and oxygen atoms in total. The first-order chi connectivity index (χ1) is 16.1. The third kappa shape index (κ3) is 10.3. The molecule has 0 bridgehead atoms. The first-order valence-electron chi connectivity index (χ1n) is 13.2. The fraction of sp³-hybridized carbons (Fsp3) is 0.714. The molecule has 2 aliphatic heterocycles. The van der Waals surface area contributed by atoms with Gasteiger partial charge in [0.2, 0.25) is 0 Å². The van der Waals surface area contributed by atoms with Crippen LogP contribution >= 0.6 is 0 Å². The van der Waals surface area contributed by atoms with Crippen molar-refractivity contribution in [2.45, 2.75) is 115 Å². The summed E-state index contributed by atoms with van der Waals surface area (Å²) in [5.41, 5.74) is -0.0393. The number of aliphatic hydroxyl groups is 1. The Kier molecular flexibility index (Phi) is 13.2. The molecule has 5 heteroatoms. The SMILES string of the molecule is CCCCCCCC/C=C\CCCCCCC/C=C1/CC(/C=C2\CCOC2=O)(CO)OC1=O. The second-order valence-corrected chi connectivity index (χ2v) is 9.45. The summed E-state index contributed by atoms with van der Waals surface area (Å²) < 4.78 is 10.4. The zero-order chi connectivity index (χ0) is 23.8. The number of cyclic esters (lactones) is 2. The van der Waals surface area contributed by atoms with Crippen molar-refractivity contribution in [2.24, 2.45) is 0 Å². The van der Waals surface area contributed by atoms with Gasteiger partial charge in [0.05, 0.1) is 13.2 Å². The maximum atomic E-state index is 12.2. The summed E-state index contributed by atoms with van der Waals surface area (Å²) in [4.78, 5) is 23.9. The zero-order valence-electron chi connectivity index (χ0n) is 20.6. The van der Waals surface area contributed by atoms with Crippen LogP contribution < -0.4 is 0 Å². The molecule has 0 amide bonds. The first-order valence-corrected chi connectivity index (χ1v) is 13.2. The first kappa shape index (κ1) is 27.4. The molecule has 0 aliphatic carbocycles. The maximum Gasteiger partial charge on any atom is 0.334 e. The molecule has 186 valence electrons. The van der Waals surface area contributed by atoms with Crippen molar-refractivity contribution >= 4 is 11.9 Å². The highest BCUT2D eigenvalue weighted by molar-refractivity contribution is 5.93. The topological polar surface area (TPSA) is 72.8 Å². The molecule has 2 fully saturated rings. The van der Waals surface area contributed by atoms with Crippen LogP contribution in [0.2, 0.25) is 0 Å². The Morgan fingerprint density at radius 1 is 0.818 bits per heavy atom. The lowest BCUT2D eigenvalue weighted by molar-refractivity contribution is -0.146. The van der Waals surface area contributed by atoms with Crippen LogP contribution in [0.3, 0.4) is 0 Å². The fourth-order valence-electron chi connectivity index (χ4n) is 4.44. The number of unbranched alkanes of at least 4 members (excludes halogenated alkanes) is 12. The van der Waals surface area contributed by atoms with E-state index in [0.717, 1.165) is 19.3 Å². The third-order valence-electron chi connectivity index (χ3n) is 6.48. The second-order valence-electron chi connectivity index (χ2n) is 9.45. The summed E-state index contributed by atoms with van der Waals surface area (Å²) in [7, 11) is 0. The Morgan fingerprint density at radius 3 is 2.00 bits per heavy atom. The molecule has 0 aromatic carbocycles. The van der Waals surface area contributed by atoms with Crippen molar-refractivity contribution in [3.8, 4) is 0 Å². The van der Waals surface area contributed by atoms with E-state index in [2.05, 4.69) is 19.1 Å². The lowest BCUT2D eigenvalue weighted by Gasteiger charge is -2.20. The normalized spacial score (nSPS) is 23.2. The van der Waals surface area contributed by atoms with Crippen LogP contribution in [0.15, 0.2) is 35.5 Å². The fourth-order valence-corrected chi connectivity index (χ4v) is 4.44. The van der Waals surface area contributed by atoms with Gasteiger partial charge in [0.1, 0.15) is 0 Å². The predicted octanol–water partition coefficient (Wildman–Crippen LogP) is 6.50. The van der Waals surface area contributed by atoms with Crippen molar-refractivity contribution in [1.82, 2.24) is 0 Å². The van der Waals surface area contributed by atoms with Gasteiger partial charge < -0.3 is 14.6 Å². The third-order valence-corrected chi connectivity index (χ3v) is 6.48. The van der Waals surface area contributed by atoms with E-state index in [1.165, 1.54) is 70.6 Å². The highest BCUT2D eigenvalue weighted by Crippen LogP contribution is 2.34. The van der Waals surface area contributed by atoms with Crippen LogP contribution in [0.25, 0.3) is 0 Å². The molecule has 33 heavy (non-hydrogen) atoms. The average molecular weight is 461 g/mol. The summed E-state index contributed by atoms with van der Waals surface area (Å²) in [6, 6.07) is 0. The Morgan fingerprint density at radius 2 is 1.42 bits per heavy atom. The van der Waals surface area contributed by atoms with Crippen molar-refractivity contribution in [1.29, 1.82) is 0 Å². The molecule has 2 heterocycles. The quantitative estimate of drug-likeness (QED) is 0.116. The van der Waals surface area contributed by atoms with Gasteiger partial charge in [0.25, 0.3) is 0 Å². The maximum absolute atomic E-state index is 12.2. The van der Waals surface area contributed by atoms with Gasteiger partial charge in [-0.25, -0.2) is 9.59 Å². The van der Waals surface area contributed by atoms with Gasteiger partial charge in [0, 0.05) is 24.0 Å². The van der Waals surface area contributed by atoms with Crippen molar-refractivity contribution in [3.05, 3.63) is 35.5 Å². The minimum Gasteiger partial charge on any atom is -0.462 e. The van der Waals surface area contributed by atoms with Crippen LogP contribution in [0.4, 0.5) is 0 Å². The lowest BCUT2D eigenvalue weighted by atomic mass is 9.94. The van der Waals surface area contributed by atoms with Crippen LogP contribution in [-0.4, -0.2) is 35.9 Å². The molecule has 0 spiro atoms. The molecule has 0 aromatic heterocycles. The van der Waals surface area contributed by atoms with E-state index in [4.69, 9.17) is 9.47 Å². The highest BCUT2D eigenvalue weighted by Gasteiger charge is 2.42. The van der Waals surface area contributed by atoms with Crippen LogP contribution in [0, 0.1) is 0 Å². The number of hydrogen-bond donors (Lipinski definition) is 1. The summed E-state index contributed by atoms with van der Waals surface area (Å²) >= 11 is 0. The van der Waals surface area contributed by atoms with Crippen LogP contribution in [0.1, 0.15) is 110 Å². The van der Waals surface area contributed by atoms with Gasteiger partial charge in [0.15, 0.2) is 5.60 Å². The Balaban J connectivity index is 1.53. The predicted molar refractivity (Wildman–Crippen MR) is 132 cm³/mol. The summed E-state index contributed by atoms with van der Waals surface area (Å²) in [5, 5.41) is 9.81. The van der Waals surface area contributed by atoms with Crippen LogP contribution in [0.5, 0.6) is 0 Å².